The second kappa shape index (κ2) is 5.07. The molecule has 0 radical (unpaired) electrons. The molecule has 1 aliphatic rings. The van der Waals surface area contributed by atoms with Crippen LogP contribution in [0.25, 0.3) is 0 Å². The van der Waals surface area contributed by atoms with Gasteiger partial charge in [0.15, 0.2) is 0 Å². The highest BCUT2D eigenvalue weighted by Crippen LogP contribution is 2.32. The zero-order valence-corrected chi connectivity index (χ0v) is 12.0. The Balaban J connectivity index is 2.20. The monoisotopic (exact) mass is 299 g/mol. The number of nitrogens with one attached hydrogen (secondary N) is 1. The van der Waals surface area contributed by atoms with Crippen LogP contribution in [0.15, 0.2) is 22.7 Å². The molecule has 1 atom stereocenters. The van der Waals surface area contributed by atoms with E-state index in [1.54, 1.807) is 12.1 Å². The molecule has 0 bridgehead atoms. The van der Waals surface area contributed by atoms with Crippen molar-refractivity contribution in [2.24, 2.45) is 5.92 Å². The van der Waals surface area contributed by atoms with E-state index in [2.05, 4.69) is 35.1 Å². The van der Waals surface area contributed by atoms with Gasteiger partial charge < -0.3 is 5.32 Å². The van der Waals surface area contributed by atoms with Gasteiger partial charge >= 0.3 is 0 Å². The quantitative estimate of drug-likeness (QED) is 0.892. The lowest BCUT2D eigenvalue weighted by molar-refractivity contribution is 0.269. The molecule has 0 aromatic heterocycles. The number of rotatable bonds is 3. The molecule has 0 amide bonds. The van der Waals surface area contributed by atoms with Crippen molar-refractivity contribution < 1.29 is 4.39 Å². The summed E-state index contributed by atoms with van der Waals surface area (Å²) in [5.74, 6) is 0.399. The molecule has 1 aromatic rings. The van der Waals surface area contributed by atoms with Gasteiger partial charge in [0.2, 0.25) is 0 Å². The minimum Gasteiger partial charge on any atom is -0.311 e. The van der Waals surface area contributed by atoms with E-state index >= 15 is 0 Å². The Hall–Kier alpha value is -0.410. The van der Waals surface area contributed by atoms with Crippen molar-refractivity contribution in [1.29, 1.82) is 0 Å². The molecule has 1 aromatic carbocycles. The first kappa shape index (κ1) is 13.0. The third-order valence-electron chi connectivity index (χ3n) is 3.89. The summed E-state index contributed by atoms with van der Waals surface area (Å²) in [6.45, 7) is 5.57. The van der Waals surface area contributed by atoms with Gasteiger partial charge in [0.1, 0.15) is 5.82 Å². The third-order valence-corrected chi connectivity index (χ3v) is 4.53. The van der Waals surface area contributed by atoms with Crippen LogP contribution in [0.4, 0.5) is 4.39 Å². The van der Waals surface area contributed by atoms with Crippen molar-refractivity contribution in [3.8, 4) is 0 Å². The minimum absolute atomic E-state index is 0.153. The van der Waals surface area contributed by atoms with Crippen molar-refractivity contribution in [3.05, 3.63) is 34.1 Å². The Morgan fingerprint density at radius 1 is 1.47 bits per heavy atom. The smallest absolute Gasteiger partial charge is 0.137 e. The molecule has 2 rings (SSSR count). The molecule has 0 spiro atoms. The first-order chi connectivity index (χ1) is 8.03. The second-order valence-corrected chi connectivity index (χ2v) is 6.12. The van der Waals surface area contributed by atoms with Crippen molar-refractivity contribution in [3.63, 3.8) is 0 Å². The van der Waals surface area contributed by atoms with Crippen molar-refractivity contribution >= 4 is 15.9 Å². The van der Waals surface area contributed by atoms with E-state index in [-0.39, 0.29) is 11.4 Å². The molecule has 0 saturated carbocycles. The van der Waals surface area contributed by atoms with E-state index in [1.807, 2.05) is 6.07 Å². The summed E-state index contributed by atoms with van der Waals surface area (Å²) in [4.78, 5) is 0. The molecule has 1 unspecified atom stereocenters. The zero-order chi connectivity index (χ0) is 12.5. The van der Waals surface area contributed by atoms with Crippen LogP contribution in [0.5, 0.6) is 0 Å². The summed E-state index contributed by atoms with van der Waals surface area (Å²) in [5.41, 5.74) is 1.23. The standard InChI is InChI=1S/C14H19BrFN/c1-10(2)14(6-3-7-17-14)9-11-4-5-12(15)13(16)8-11/h4-5,8,10,17H,3,6-7,9H2,1-2H3. The minimum atomic E-state index is -0.167. The highest BCUT2D eigenvalue weighted by molar-refractivity contribution is 9.10. The molecule has 17 heavy (non-hydrogen) atoms. The second-order valence-electron chi connectivity index (χ2n) is 5.27. The number of hydrogen-bond acceptors (Lipinski definition) is 1. The average Bonchev–Trinajstić information content (AvgIpc) is 2.73. The molecule has 94 valence electrons. The number of benzene rings is 1. The highest BCUT2D eigenvalue weighted by atomic mass is 79.9. The Labute approximate surface area is 111 Å². The molecule has 1 fully saturated rings. The maximum Gasteiger partial charge on any atom is 0.137 e. The topological polar surface area (TPSA) is 12.0 Å². The fraction of sp³-hybridized carbons (Fsp3) is 0.571. The van der Waals surface area contributed by atoms with Gasteiger partial charge in [-0.1, -0.05) is 19.9 Å². The molecule has 1 heterocycles. The number of hydrogen-bond donors (Lipinski definition) is 1. The average molecular weight is 300 g/mol. The van der Waals surface area contributed by atoms with E-state index in [1.165, 1.54) is 12.8 Å². The van der Waals surface area contributed by atoms with Crippen molar-refractivity contribution in [2.45, 2.75) is 38.6 Å². The van der Waals surface area contributed by atoms with Crippen molar-refractivity contribution in [2.75, 3.05) is 6.54 Å². The summed E-state index contributed by atoms with van der Waals surface area (Å²) in [7, 11) is 0. The summed E-state index contributed by atoms with van der Waals surface area (Å²) < 4.78 is 14.1. The molecular formula is C14H19BrFN. The van der Waals surface area contributed by atoms with Gasteiger partial charge in [-0.25, -0.2) is 4.39 Å². The summed E-state index contributed by atoms with van der Waals surface area (Å²) >= 11 is 3.19. The van der Waals surface area contributed by atoms with Gasteiger partial charge in [0, 0.05) is 5.54 Å². The Bertz CT molecular complexity index is 397. The lowest BCUT2D eigenvalue weighted by Crippen LogP contribution is -2.46. The van der Waals surface area contributed by atoms with E-state index in [9.17, 15) is 4.39 Å². The van der Waals surface area contributed by atoms with E-state index in [0.717, 1.165) is 18.5 Å². The van der Waals surface area contributed by atoms with E-state index in [4.69, 9.17) is 0 Å². The zero-order valence-electron chi connectivity index (χ0n) is 10.4. The molecule has 1 saturated heterocycles. The van der Waals surface area contributed by atoms with Gasteiger partial charge in [-0.15, -0.1) is 0 Å². The SMILES string of the molecule is CC(C)C1(Cc2ccc(Br)c(F)c2)CCCN1. The predicted octanol–water partition coefficient (Wildman–Crippen LogP) is 3.91. The fourth-order valence-electron chi connectivity index (χ4n) is 2.69. The predicted molar refractivity (Wildman–Crippen MR) is 72.6 cm³/mol. The molecule has 1 N–H and O–H groups in total. The Kier molecular flexibility index (Phi) is 3.88. The summed E-state index contributed by atoms with van der Waals surface area (Å²) in [6, 6.07) is 5.46. The first-order valence-corrected chi connectivity index (χ1v) is 7.02. The van der Waals surface area contributed by atoms with Crippen LogP contribution in [0.1, 0.15) is 32.3 Å². The van der Waals surface area contributed by atoms with E-state index in [0.29, 0.717) is 10.4 Å². The maximum absolute atomic E-state index is 13.5. The first-order valence-electron chi connectivity index (χ1n) is 6.22. The maximum atomic E-state index is 13.5. The molecular weight excluding hydrogens is 281 g/mol. The molecule has 1 nitrogen and oxygen atoms in total. The number of halogens is 2. The van der Waals surface area contributed by atoms with Crippen LogP contribution in [0.2, 0.25) is 0 Å². The van der Waals surface area contributed by atoms with Gasteiger partial charge in [-0.3, -0.25) is 0 Å². The Morgan fingerprint density at radius 3 is 2.76 bits per heavy atom. The lowest BCUT2D eigenvalue weighted by atomic mass is 9.80. The fourth-order valence-corrected chi connectivity index (χ4v) is 2.94. The normalized spacial score (nSPS) is 24.5. The van der Waals surface area contributed by atoms with Gasteiger partial charge in [-0.05, 0) is 65.4 Å². The largest absolute Gasteiger partial charge is 0.311 e. The summed E-state index contributed by atoms with van der Waals surface area (Å²) in [5, 5.41) is 3.62. The van der Waals surface area contributed by atoms with Gasteiger partial charge in [0.05, 0.1) is 4.47 Å². The molecule has 1 aliphatic heterocycles. The van der Waals surface area contributed by atoms with Crippen molar-refractivity contribution in [1.82, 2.24) is 5.32 Å². The molecule has 3 heteroatoms. The van der Waals surface area contributed by atoms with Crippen LogP contribution in [0.3, 0.4) is 0 Å². The van der Waals surface area contributed by atoms with Gasteiger partial charge in [-0.2, -0.15) is 0 Å². The van der Waals surface area contributed by atoms with Crippen LogP contribution in [-0.2, 0) is 6.42 Å². The van der Waals surface area contributed by atoms with Crippen LogP contribution in [0, 0.1) is 11.7 Å². The molecule has 0 aliphatic carbocycles. The van der Waals surface area contributed by atoms with Crippen LogP contribution in [-0.4, -0.2) is 12.1 Å². The van der Waals surface area contributed by atoms with Crippen LogP contribution >= 0.6 is 15.9 Å². The van der Waals surface area contributed by atoms with Crippen LogP contribution < -0.4 is 5.32 Å². The lowest BCUT2D eigenvalue weighted by Gasteiger charge is -2.34. The highest BCUT2D eigenvalue weighted by Gasteiger charge is 2.36. The third kappa shape index (κ3) is 2.71. The van der Waals surface area contributed by atoms with E-state index < -0.39 is 0 Å². The van der Waals surface area contributed by atoms with Gasteiger partial charge in [0.25, 0.3) is 0 Å². The summed E-state index contributed by atoms with van der Waals surface area (Å²) in [6.07, 6.45) is 3.31. The Morgan fingerprint density at radius 2 is 2.24 bits per heavy atom.